The van der Waals surface area contributed by atoms with E-state index in [9.17, 15) is 4.79 Å². The third-order valence-electron chi connectivity index (χ3n) is 2.38. The molecule has 0 unspecified atom stereocenters. The van der Waals surface area contributed by atoms with Crippen LogP contribution < -0.4 is 0 Å². The molecule has 0 saturated heterocycles. The van der Waals surface area contributed by atoms with Crippen molar-refractivity contribution in [1.82, 2.24) is 4.98 Å². The highest BCUT2D eigenvalue weighted by Gasteiger charge is 2.01. The van der Waals surface area contributed by atoms with E-state index in [4.69, 9.17) is 0 Å². The summed E-state index contributed by atoms with van der Waals surface area (Å²) in [5.74, 6) is 0. The predicted octanol–water partition coefficient (Wildman–Crippen LogP) is 2.87. The minimum Gasteiger partial charge on any atom is -0.298 e. The Morgan fingerprint density at radius 2 is 1.87 bits per heavy atom. The Balaban J connectivity index is 2.51. The average molecular weight is 197 g/mol. The van der Waals surface area contributed by atoms with Crippen molar-refractivity contribution in [2.45, 2.75) is 6.92 Å². The lowest BCUT2D eigenvalue weighted by Crippen LogP contribution is -1.86. The van der Waals surface area contributed by atoms with Crippen LogP contribution in [0.5, 0.6) is 0 Å². The molecule has 1 aromatic heterocycles. The van der Waals surface area contributed by atoms with Crippen LogP contribution in [0, 0.1) is 6.92 Å². The molecule has 0 bridgehead atoms. The smallest absolute Gasteiger partial charge is 0.150 e. The first-order chi connectivity index (χ1) is 7.31. The third-order valence-corrected chi connectivity index (χ3v) is 2.38. The monoisotopic (exact) mass is 197 g/mol. The van der Waals surface area contributed by atoms with Gasteiger partial charge in [-0.2, -0.15) is 0 Å². The molecule has 2 rings (SSSR count). The molecule has 0 radical (unpaired) electrons. The van der Waals surface area contributed by atoms with Crippen LogP contribution in [0.15, 0.2) is 42.7 Å². The van der Waals surface area contributed by atoms with E-state index in [2.05, 4.69) is 4.98 Å². The maximum Gasteiger partial charge on any atom is 0.150 e. The summed E-state index contributed by atoms with van der Waals surface area (Å²) in [5.41, 5.74) is 4.08. The van der Waals surface area contributed by atoms with Crippen molar-refractivity contribution in [1.29, 1.82) is 0 Å². The maximum absolute atomic E-state index is 10.6. The van der Waals surface area contributed by atoms with E-state index in [0.29, 0.717) is 5.56 Å². The van der Waals surface area contributed by atoms with E-state index in [1.54, 1.807) is 12.4 Å². The molecule has 0 aliphatic heterocycles. The number of aromatic nitrogens is 1. The standard InChI is InChI=1S/C13H11NO/c1-10-8-11(9-15)2-3-13(10)12-4-6-14-7-5-12/h2-9H,1H3. The van der Waals surface area contributed by atoms with Gasteiger partial charge in [0, 0.05) is 18.0 Å². The number of nitrogens with zero attached hydrogens (tertiary/aromatic N) is 1. The first-order valence-electron chi connectivity index (χ1n) is 4.77. The topological polar surface area (TPSA) is 30.0 Å². The highest BCUT2D eigenvalue weighted by Crippen LogP contribution is 2.22. The molecule has 15 heavy (non-hydrogen) atoms. The predicted molar refractivity (Wildman–Crippen MR) is 59.8 cm³/mol. The Labute approximate surface area is 88.6 Å². The molecule has 0 amide bonds. The summed E-state index contributed by atoms with van der Waals surface area (Å²) in [4.78, 5) is 14.6. The second kappa shape index (κ2) is 4.05. The van der Waals surface area contributed by atoms with Crippen molar-refractivity contribution < 1.29 is 4.79 Å². The van der Waals surface area contributed by atoms with Gasteiger partial charge in [-0.15, -0.1) is 0 Å². The summed E-state index contributed by atoms with van der Waals surface area (Å²) in [7, 11) is 0. The van der Waals surface area contributed by atoms with Gasteiger partial charge in [-0.3, -0.25) is 9.78 Å². The SMILES string of the molecule is Cc1cc(C=O)ccc1-c1ccncc1. The molecule has 0 fully saturated rings. The number of aldehydes is 1. The van der Waals surface area contributed by atoms with Gasteiger partial charge < -0.3 is 0 Å². The molecular formula is C13H11NO. The molecule has 0 saturated carbocycles. The van der Waals surface area contributed by atoms with Gasteiger partial charge in [0.15, 0.2) is 0 Å². The number of rotatable bonds is 2. The maximum atomic E-state index is 10.6. The lowest BCUT2D eigenvalue weighted by Gasteiger charge is -2.05. The molecule has 1 heterocycles. The molecular weight excluding hydrogens is 186 g/mol. The zero-order valence-corrected chi connectivity index (χ0v) is 8.47. The Morgan fingerprint density at radius 3 is 2.47 bits per heavy atom. The summed E-state index contributed by atoms with van der Waals surface area (Å²) >= 11 is 0. The highest BCUT2D eigenvalue weighted by molar-refractivity contribution is 5.78. The van der Waals surface area contributed by atoms with Gasteiger partial charge in [-0.05, 0) is 41.8 Å². The number of benzene rings is 1. The van der Waals surface area contributed by atoms with Crippen LogP contribution in [0.1, 0.15) is 15.9 Å². The van der Waals surface area contributed by atoms with E-state index in [0.717, 1.165) is 23.0 Å². The van der Waals surface area contributed by atoms with Crippen LogP contribution in [0.3, 0.4) is 0 Å². The minimum atomic E-state index is 0.713. The Kier molecular flexibility index (Phi) is 2.59. The van der Waals surface area contributed by atoms with Gasteiger partial charge in [0.2, 0.25) is 0 Å². The normalized spacial score (nSPS) is 9.93. The quantitative estimate of drug-likeness (QED) is 0.693. The van der Waals surface area contributed by atoms with Gasteiger partial charge in [0.05, 0.1) is 0 Å². The molecule has 0 N–H and O–H groups in total. The minimum absolute atomic E-state index is 0.713. The zero-order chi connectivity index (χ0) is 10.7. The fraction of sp³-hybridized carbons (Fsp3) is 0.0769. The van der Waals surface area contributed by atoms with Crippen molar-refractivity contribution in [3.8, 4) is 11.1 Å². The molecule has 0 atom stereocenters. The number of hydrogen-bond acceptors (Lipinski definition) is 2. The van der Waals surface area contributed by atoms with Gasteiger partial charge in [-0.25, -0.2) is 0 Å². The third kappa shape index (κ3) is 1.94. The number of hydrogen-bond donors (Lipinski definition) is 0. The molecule has 2 aromatic rings. The van der Waals surface area contributed by atoms with E-state index in [1.165, 1.54) is 0 Å². The van der Waals surface area contributed by atoms with Gasteiger partial charge in [0.1, 0.15) is 6.29 Å². The molecule has 2 heteroatoms. The van der Waals surface area contributed by atoms with Crippen molar-refractivity contribution in [2.24, 2.45) is 0 Å². The van der Waals surface area contributed by atoms with Crippen molar-refractivity contribution in [3.05, 3.63) is 53.9 Å². The van der Waals surface area contributed by atoms with Crippen LogP contribution in [0.25, 0.3) is 11.1 Å². The molecule has 2 nitrogen and oxygen atoms in total. The van der Waals surface area contributed by atoms with Gasteiger partial charge >= 0.3 is 0 Å². The average Bonchev–Trinajstić information content (AvgIpc) is 2.30. The summed E-state index contributed by atoms with van der Waals surface area (Å²) in [6.07, 6.45) is 4.40. The first kappa shape index (κ1) is 9.59. The second-order valence-corrected chi connectivity index (χ2v) is 3.43. The summed E-state index contributed by atoms with van der Waals surface area (Å²) in [6.45, 7) is 2.00. The fourth-order valence-electron chi connectivity index (χ4n) is 1.62. The summed E-state index contributed by atoms with van der Waals surface area (Å²) < 4.78 is 0. The Bertz CT molecular complexity index is 477. The van der Waals surface area contributed by atoms with Crippen LogP contribution in [-0.4, -0.2) is 11.3 Å². The van der Waals surface area contributed by atoms with Gasteiger partial charge in [0.25, 0.3) is 0 Å². The number of carbonyl (C=O) groups excluding carboxylic acids is 1. The van der Waals surface area contributed by atoms with Gasteiger partial charge in [-0.1, -0.05) is 12.1 Å². The lowest BCUT2D eigenvalue weighted by molar-refractivity contribution is 0.112. The largest absolute Gasteiger partial charge is 0.298 e. The highest BCUT2D eigenvalue weighted by atomic mass is 16.1. The van der Waals surface area contributed by atoms with Crippen LogP contribution in [-0.2, 0) is 0 Å². The summed E-state index contributed by atoms with van der Waals surface area (Å²) in [5, 5.41) is 0. The van der Waals surface area contributed by atoms with Crippen molar-refractivity contribution in [3.63, 3.8) is 0 Å². The van der Waals surface area contributed by atoms with E-state index < -0.39 is 0 Å². The van der Waals surface area contributed by atoms with E-state index in [-0.39, 0.29) is 0 Å². The molecule has 0 aliphatic carbocycles. The van der Waals surface area contributed by atoms with E-state index in [1.807, 2.05) is 37.3 Å². The fourth-order valence-corrected chi connectivity index (χ4v) is 1.62. The summed E-state index contributed by atoms with van der Waals surface area (Å²) in [6, 6.07) is 9.61. The molecule has 1 aromatic carbocycles. The van der Waals surface area contributed by atoms with Crippen LogP contribution in [0.2, 0.25) is 0 Å². The number of carbonyl (C=O) groups is 1. The molecule has 0 aliphatic rings. The Hall–Kier alpha value is -1.96. The van der Waals surface area contributed by atoms with Crippen molar-refractivity contribution >= 4 is 6.29 Å². The second-order valence-electron chi connectivity index (χ2n) is 3.43. The Morgan fingerprint density at radius 1 is 1.13 bits per heavy atom. The van der Waals surface area contributed by atoms with Crippen LogP contribution in [0.4, 0.5) is 0 Å². The first-order valence-corrected chi connectivity index (χ1v) is 4.77. The lowest BCUT2D eigenvalue weighted by atomic mass is 10.00. The molecule has 74 valence electrons. The molecule has 0 spiro atoms. The van der Waals surface area contributed by atoms with Crippen molar-refractivity contribution in [2.75, 3.05) is 0 Å². The number of pyridine rings is 1. The van der Waals surface area contributed by atoms with E-state index >= 15 is 0 Å². The number of aryl methyl sites for hydroxylation is 1. The van der Waals surface area contributed by atoms with Crippen LogP contribution >= 0.6 is 0 Å². The zero-order valence-electron chi connectivity index (χ0n) is 8.47.